The van der Waals surface area contributed by atoms with E-state index in [0.29, 0.717) is 6.21 Å². The van der Waals surface area contributed by atoms with Gasteiger partial charge in [-0.2, -0.15) is 5.10 Å². The second-order valence-corrected chi connectivity index (χ2v) is 1.32. The normalized spacial score (nSPS) is 11.9. The number of carboxylic acids is 1. The summed E-state index contributed by atoms with van der Waals surface area (Å²) >= 11 is 0. The fraction of sp³-hybridized carbons (Fsp3) is 0.250. The highest BCUT2D eigenvalue weighted by molar-refractivity contribution is 6.22. The lowest BCUT2D eigenvalue weighted by atomic mass is 10.8. The van der Waals surface area contributed by atoms with E-state index in [1.54, 1.807) is 0 Å². The third-order valence-electron chi connectivity index (χ3n) is 0.595. The van der Waals surface area contributed by atoms with Gasteiger partial charge < -0.3 is 10.8 Å². The predicted octanol–water partition coefficient (Wildman–Crippen LogP) is -1.41. The average Bonchev–Trinajstić information content (AvgIpc) is 1.87. The van der Waals surface area contributed by atoms with Gasteiger partial charge >= 0.3 is 5.97 Å². The maximum absolute atomic E-state index is 9.80. The van der Waals surface area contributed by atoms with Crippen LogP contribution in [0.25, 0.3) is 0 Å². The number of guanidine groups is 1. The summed E-state index contributed by atoms with van der Waals surface area (Å²) in [6.07, 6.45) is 0.679. The van der Waals surface area contributed by atoms with Gasteiger partial charge in [0.05, 0.1) is 0 Å². The molecular weight excluding hydrogens is 136 g/mol. The Balaban J connectivity index is 3.64. The van der Waals surface area contributed by atoms with Gasteiger partial charge in [0.2, 0.25) is 5.96 Å². The van der Waals surface area contributed by atoms with E-state index in [1.165, 1.54) is 7.05 Å². The summed E-state index contributed by atoms with van der Waals surface area (Å²) in [5.74, 6) is -1.08. The molecular formula is C4H8N4O2. The van der Waals surface area contributed by atoms with E-state index in [-0.39, 0.29) is 5.96 Å². The van der Waals surface area contributed by atoms with Crippen LogP contribution in [-0.4, -0.2) is 30.3 Å². The molecule has 0 aliphatic carbocycles. The van der Waals surface area contributed by atoms with Crippen LogP contribution in [0.2, 0.25) is 0 Å². The molecule has 0 rings (SSSR count). The Morgan fingerprint density at radius 3 is 2.80 bits per heavy atom. The van der Waals surface area contributed by atoms with E-state index in [1.807, 2.05) is 0 Å². The fourth-order valence-corrected chi connectivity index (χ4v) is 0.204. The fourth-order valence-electron chi connectivity index (χ4n) is 0.204. The van der Waals surface area contributed by atoms with E-state index < -0.39 is 5.97 Å². The molecule has 0 aromatic rings. The number of rotatable bonds is 2. The first kappa shape index (κ1) is 8.41. The number of hydrogen-bond donors (Lipinski definition) is 3. The zero-order chi connectivity index (χ0) is 7.98. The summed E-state index contributed by atoms with van der Waals surface area (Å²) < 4.78 is 0. The van der Waals surface area contributed by atoms with Crippen molar-refractivity contribution in [2.75, 3.05) is 7.05 Å². The van der Waals surface area contributed by atoms with Crippen molar-refractivity contribution in [2.24, 2.45) is 15.8 Å². The molecule has 0 bridgehead atoms. The summed E-state index contributed by atoms with van der Waals surface area (Å²) in [5, 5.41) is 11.2. The molecule has 0 aromatic carbocycles. The second kappa shape index (κ2) is 4.30. The smallest absolute Gasteiger partial charge is 0.348 e. The van der Waals surface area contributed by atoms with Crippen molar-refractivity contribution in [3.63, 3.8) is 0 Å². The average molecular weight is 144 g/mol. The van der Waals surface area contributed by atoms with Crippen molar-refractivity contribution in [3.05, 3.63) is 0 Å². The number of aliphatic imine (C=N–C) groups is 1. The topological polar surface area (TPSA) is 100 Å². The molecule has 6 heteroatoms. The van der Waals surface area contributed by atoms with E-state index in [9.17, 15) is 4.79 Å². The van der Waals surface area contributed by atoms with Gasteiger partial charge in [-0.05, 0) is 0 Å². The monoisotopic (exact) mass is 144 g/mol. The zero-order valence-electron chi connectivity index (χ0n) is 5.40. The molecule has 10 heavy (non-hydrogen) atoms. The lowest BCUT2D eigenvalue weighted by Gasteiger charge is -1.92. The first-order valence-electron chi connectivity index (χ1n) is 2.41. The van der Waals surface area contributed by atoms with E-state index in [2.05, 4.69) is 15.5 Å². The first-order chi connectivity index (χ1) is 4.66. The molecule has 0 saturated carbocycles. The molecule has 0 atom stereocenters. The summed E-state index contributed by atoms with van der Waals surface area (Å²) in [5.41, 5.74) is 7.27. The van der Waals surface area contributed by atoms with Crippen LogP contribution in [0.1, 0.15) is 0 Å². The Bertz CT molecular complexity index is 174. The molecule has 0 heterocycles. The van der Waals surface area contributed by atoms with Crippen LogP contribution in [0.3, 0.4) is 0 Å². The van der Waals surface area contributed by atoms with Crippen LogP contribution in [-0.2, 0) is 4.79 Å². The summed E-state index contributed by atoms with van der Waals surface area (Å²) in [7, 11) is 1.46. The van der Waals surface area contributed by atoms with Gasteiger partial charge in [-0.1, -0.05) is 0 Å². The standard InChI is InChI=1S/C4H8N4O2/c1-6-4(5)8-7-2-3(9)10/h2H,1H3,(H,9,10)(H3,5,6,8). The molecule has 0 aliphatic rings. The number of nitrogens with zero attached hydrogens (tertiary/aromatic N) is 2. The second-order valence-electron chi connectivity index (χ2n) is 1.32. The third-order valence-corrected chi connectivity index (χ3v) is 0.595. The van der Waals surface area contributed by atoms with Crippen LogP contribution in [0, 0.1) is 0 Å². The Labute approximate surface area is 57.4 Å². The lowest BCUT2D eigenvalue weighted by Crippen LogP contribution is -2.27. The Morgan fingerprint density at radius 2 is 2.40 bits per heavy atom. The van der Waals surface area contributed by atoms with Gasteiger partial charge in [0.15, 0.2) is 0 Å². The first-order valence-corrected chi connectivity index (χ1v) is 2.41. The highest BCUT2D eigenvalue weighted by Crippen LogP contribution is 1.59. The molecule has 0 saturated heterocycles. The molecule has 0 radical (unpaired) electrons. The number of hydrogen-bond acceptors (Lipinski definition) is 3. The molecule has 56 valence electrons. The number of hydrazone groups is 1. The summed E-state index contributed by atoms with van der Waals surface area (Å²) in [4.78, 5) is 13.3. The quantitative estimate of drug-likeness (QED) is 0.252. The van der Waals surface area contributed by atoms with Crippen LogP contribution < -0.4 is 11.2 Å². The van der Waals surface area contributed by atoms with Gasteiger partial charge in [0.1, 0.15) is 6.21 Å². The number of nitrogens with one attached hydrogen (secondary N) is 1. The summed E-state index contributed by atoms with van der Waals surface area (Å²) in [6, 6.07) is 0. The van der Waals surface area contributed by atoms with Gasteiger partial charge in [0, 0.05) is 7.05 Å². The van der Waals surface area contributed by atoms with Crippen molar-refractivity contribution < 1.29 is 9.90 Å². The highest BCUT2D eigenvalue weighted by atomic mass is 16.4. The van der Waals surface area contributed by atoms with Crippen molar-refractivity contribution in [3.8, 4) is 0 Å². The number of aliphatic carboxylic acids is 1. The van der Waals surface area contributed by atoms with Crippen LogP contribution in [0.4, 0.5) is 0 Å². The van der Waals surface area contributed by atoms with Crippen molar-refractivity contribution in [1.82, 2.24) is 5.43 Å². The minimum absolute atomic E-state index is 0.0671. The van der Waals surface area contributed by atoms with Crippen LogP contribution in [0.5, 0.6) is 0 Å². The van der Waals surface area contributed by atoms with Crippen LogP contribution in [0.15, 0.2) is 10.1 Å². The molecule has 0 fully saturated rings. The maximum Gasteiger partial charge on any atom is 0.348 e. The lowest BCUT2D eigenvalue weighted by molar-refractivity contribution is -0.128. The molecule has 0 spiro atoms. The van der Waals surface area contributed by atoms with Crippen molar-refractivity contribution in [2.45, 2.75) is 0 Å². The maximum atomic E-state index is 9.80. The molecule has 4 N–H and O–H groups in total. The Hall–Kier alpha value is -1.59. The zero-order valence-corrected chi connectivity index (χ0v) is 5.40. The highest BCUT2D eigenvalue weighted by Gasteiger charge is 1.86. The predicted molar refractivity (Wildman–Crippen MR) is 36.8 cm³/mol. The number of nitrogens with two attached hydrogens (primary N) is 1. The number of carbonyl (C=O) groups is 1. The van der Waals surface area contributed by atoms with Crippen LogP contribution >= 0.6 is 0 Å². The number of carboxylic acid groups (broad SMARTS) is 1. The SMILES string of the molecule is CN=C(N)NN=CC(=O)O. The van der Waals surface area contributed by atoms with E-state index in [0.717, 1.165) is 0 Å². The van der Waals surface area contributed by atoms with Gasteiger partial charge in [-0.3, -0.25) is 4.99 Å². The minimum atomic E-state index is -1.14. The van der Waals surface area contributed by atoms with Gasteiger partial charge in [-0.25, -0.2) is 10.2 Å². The molecule has 6 nitrogen and oxygen atoms in total. The van der Waals surface area contributed by atoms with Crippen molar-refractivity contribution in [1.29, 1.82) is 0 Å². The van der Waals surface area contributed by atoms with Gasteiger partial charge in [0.25, 0.3) is 0 Å². The van der Waals surface area contributed by atoms with Crippen molar-refractivity contribution >= 4 is 18.1 Å². The molecule has 0 aliphatic heterocycles. The van der Waals surface area contributed by atoms with E-state index >= 15 is 0 Å². The van der Waals surface area contributed by atoms with Gasteiger partial charge in [-0.15, -0.1) is 0 Å². The summed E-state index contributed by atoms with van der Waals surface area (Å²) in [6.45, 7) is 0. The minimum Gasteiger partial charge on any atom is -0.477 e. The largest absolute Gasteiger partial charge is 0.477 e. The van der Waals surface area contributed by atoms with E-state index in [4.69, 9.17) is 10.8 Å². The molecule has 0 unspecified atom stereocenters. The Kier molecular flexibility index (Phi) is 3.62. The third kappa shape index (κ3) is 4.57. The molecule has 0 aromatic heterocycles. The Morgan fingerprint density at radius 1 is 1.80 bits per heavy atom. The molecule has 0 amide bonds.